The molecule has 5 heteroatoms. The van der Waals surface area contributed by atoms with Gasteiger partial charge in [-0.15, -0.1) is 0 Å². The van der Waals surface area contributed by atoms with Crippen LogP contribution < -0.4 is 10.5 Å². The summed E-state index contributed by atoms with van der Waals surface area (Å²) in [5.74, 6) is 0.908. The van der Waals surface area contributed by atoms with Crippen molar-refractivity contribution >= 4 is 0 Å². The molecule has 0 saturated heterocycles. The lowest BCUT2D eigenvalue weighted by Crippen LogP contribution is -2.17. The molecule has 0 aliphatic carbocycles. The Morgan fingerprint density at radius 2 is 2.10 bits per heavy atom. The van der Waals surface area contributed by atoms with E-state index in [2.05, 4.69) is 9.97 Å². The Balaban J connectivity index is 2.20. The quantitative estimate of drug-likeness (QED) is 0.903. The van der Waals surface area contributed by atoms with Crippen LogP contribution in [-0.4, -0.2) is 27.7 Å². The van der Waals surface area contributed by atoms with E-state index in [-0.39, 0.29) is 6.04 Å². The van der Waals surface area contributed by atoms with Crippen molar-refractivity contribution in [3.63, 3.8) is 0 Å². The summed E-state index contributed by atoms with van der Waals surface area (Å²) in [4.78, 5) is 8.86. The third-order valence-electron chi connectivity index (χ3n) is 3.30. The molecule has 1 atom stereocenters. The Morgan fingerprint density at radius 1 is 1.35 bits per heavy atom. The van der Waals surface area contributed by atoms with E-state index in [0.29, 0.717) is 6.54 Å². The number of rotatable bonds is 5. The Kier molecular flexibility index (Phi) is 4.39. The van der Waals surface area contributed by atoms with Crippen LogP contribution in [0.5, 0.6) is 5.75 Å². The van der Waals surface area contributed by atoms with Crippen LogP contribution in [0.1, 0.15) is 29.4 Å². The van der Waals surface area contributed by atoms with Crippen LogP contribution in [0, 0.1) is 13.8 Å². The van der Waals surface area contributed by atoms with Gasteiger partial charge >= 0.3 is 0 Å². The molecular formula is C15H22N4O. The van der Waals surface area contributed by atoms with Gasteiger partial charge in [-0.05, 0) is 20.8 Å². The lowest BCUT2D eigenvalue weighted by molar-refractivity contribution is 0.406. The molecule has 2 aromatic rings. The van der Waals surface area contributed by atoms with Crippen molar-refractivity contribution in [1.29, 1.82) is 0 Å². The Bertz CT molecular complexity index is 590. The van der Waals surface area contributed by atoms with Gasteiger partial charge in [0.2, 0.25) is 0 Å². The lowest BCUT2D eigenvalue weighted by atomic mass is 10.1. The highest BCUT2D eigenvalue weighted by atomic mass is 16.5. The van der Waals surface area contributed by atoms with Crippen LogP contribution in [0.25, 0.3) is 0 Å². The number of pyridine rings is 1. The summed E-state index contributed by atoms with van der Waals surface area (Å²) >= 11 is 0. The summed E-state index contributed by atoms with van der Waals surface area (Å²) in [6.45, 7) is 6.71. The van der Waals surface area contributed by atoms with Crippen molar-refractivity contribution in [2.75, 3.05) is 7.11 Å². The molecule has 20 heavy (non-hydrogen) atoms. The van der Waals surface area contributed by atoms with E-state index in [1.807, 2.05) is 44.1 Å². The molecule has 0 aliphatic heterocycles. The number of nitrogens with two attached hydrogens (primary N) is 1. The van der Waals surface area contributed by atoms with E-state index >= 15 is 0 Å². The largest absolute Gasteiger partial charge is 0.496 e. The summed E-state index contributed by atoms with van der Waals surface area (Å²) in [6, 6.07) is 0.123. The summed E-state index contributed by atoms with van der Waals surface area (Å²) in [5, 5.41) is 0. The fraction of sp³-hybridized carbons (Fsp3) is 0.467. The Labute approximate surface area is 119 Å². The molecule has 1 unspecified atom stereocenters. The predicted octanol–water partition coefficient (Wildman–Crippen LogP) is 1.84. The maximum Gasteiger partial charge on any atom is 0.128 e. The molecule has 5 nitrogen and oxygen atoms in total. The number of hydrogen-bond acceptors (Lipinski definition) is 4. The van der Waals surface area contributed by atoms with E-state index in [4.69, 9.17) is 10.5 Å². The number of aromatic nitrogens is 3. The molecule has 0 fully saturated rings. The van der Waals surface area contributed by atoms with Crippen molar-refractivity contribution in [2.24, 2.45) is 5.73 Å². The highest BCUT2D eigenvalue weighted by Gasteiger charge is 2.10. The number of ether oxygens (including phenoxy) is 1. The van der Waals surface area contributed by atoms with Gasteiger partial charge in [-0.1, -0.05) is 0 Å². The topological polar surface area (TPSA) is 66.0 Å². The summed E-state index contributed by atoms with van der Waals surface area (Å²) in [7, 11) is 1.69. The molecule has 2 heterocycles. The SMILES string of the molecule is COc1c(C)cnc(Cn2cnc(CC(C)N)c2)c1C. The molecule has 0 saturated carbocycles. The van der Waals surface area contributed by atoms with Crippen molar-refractivity contribution in [3.8, 4) is 5.75 Å². The van der Waals surface area contributed by atoms with Gasteiger partial charge in [0.25, 0.3) is 0 Å². The van der Waals surface area contributed by atoms with Gasteiger partial charge in [-0.3, -0.25) is 4.98 Å². The van der Waals surface area contributed by atoms with Crippen LogP contribution in [0.2, 0.25) is 0 Å². The Hall–Kier alpha value is -1.88. The van der Waals surface area contributed by atoms with Gasteiger partial charge in [0.15, 0.2) is 0 Å². The molecule has 2 aromatic heterocycles. The van der Waals surface area contributed by atoms with Crippen molar-refractivity contribution in [2.45, 2.75) is 39.8 Å². The first-order valence-electron chi connectivity index (χ1n) is 6.76. The van der Waals surface area contributed by atoms with Crippen molar-refractivity contribution < 1.29 is 4.74 Å². The van der Waals surface area contributed by atoms with Crippen molar-refractivity contribution in [1.82, 2.24) is 14.5 Å². The number of nitrogens with zero attached hydrogens (tertiary/aromatic N) is 3. The first-order chi connectivity index (χ1) is 9.51. The minimum Gasteiger partial charge on any atom is -0.496 e. The highest BCUT2D eigenvalue weighted by molar-refractivity contribution is 5.41. The molecule has 2 N–H and O–H groups in total. The van der Waals surface area contributed by atoms with Crippen LogP contribution in [0.15, 0.2) is 18.7 Å². The summed E-state index contributed by atoms with van der Waals surface area (Å²) in [6.07, 6.45) is 6.49. The molecule has 108 valence electrons. The average molecular weight is 274 g/mol. The maximum absolute atomic E-state index is 5.79. The van der Waals surface area contributed by atoms with Gasteiger partial charge in [0.1, 0.15) is 5.75 Å². The third-order valence-corrected chi connectivity index (χ3v) is 3.30. The van der Waals surface area contributed by atoms with Gasteiger partial charge in [-0.2, -0.15) is 0 Å². The first-order valence-corrected chi connectivity index (χ1v) is 6.76. The average Bonchev–Trinajstić information content (AvgIpc) is 2.80. The zero-order chi connectivity index (χ0) is 14.7. The normalized spacial score (nSPS) is 12.4. The molecule has 0 aromatic carbocycles. The van der Waals surface area contributed by atoms with E-state index < -0.39 is 0 Å². The number of hydrogen-bond donors (Lipinski definition) is 1. The standard InChI is InChI=1S/C15H22N4O/c1-10-6-17-14(12(3)15(10)20-4)8-19-7-13(18-9-19)5-11(2)16/h6-7,9,11H,5,8,16H2,1-4H3. The number of methoxy groups -OCH3 is 1. The lowest BCUT2D eigenvalue weighted by Gasteiger charge is -2.12. The number of imidazole rings is 1. The van der Waals surface area contributed by atoms with Gasteiger partial charge in [0, 0.05) is 36.0 Å². The van der Waals surface area contributed by atoms with E-state index in [9.17, 15) is 0 Å². The monoisotopic (exact) mass is 274 g/mol. The Morgan fingerprint density at radius 3 is 2.75 bits per heavy atom. The molecule has 0 amide bonds. The fourth-order valence-electron chi connectivity index (χ4n) is 2.33. The second-order valence-corrected chi connectivity index (χ2v) is 5.26. The molecule has 0 radical (unpaired) electrons. The van der Waals surface area contributed by atoms with Crippen LogP contribution in [-0.2, 0) is 13.0 Å². The fourth-order valence-corrected chi connectivity index (χ4v) is 2.33. The highest BCUT2D eigenvalue weighted by Crippen LogP contribution is 2.24. The maximum atomic E-state index is 5.79. The molecule has 0 aliphatic rings. The van der Waals surface area contributed by atoms with E-state index in [0.717, 1.165) is 34.7 Å². The second kappa shape index (κ2) is 6.05. The minimum absolute atomic E-state index is 0.123. The third kappa shape index (κ3) is 3.17. The van der Waals surface area contributed by atoms with Crippen LogP contribution in [0.3, 0.4) is 0 Å². The molecule has 0 bridgehead atoms. The van der Waals surface area contributed by atoms with Gasteiger partial charge in [0.05, 0.1) is 31.4 Å². The zero-order valence-electron chi connectivity index (χ0n) is 12.6. The first kappa shape index (κ1) is 14.5. The smallest absolute Gasteiger partial charge is 0.128 e. The minimum atomic E-state index is 0.123. The van der Waals surface area contributed by atoms with Crippen molar-refractivity contribution in [3.05, 3.63) is 41.2 Å². The molecule has 0 spiro atoms. The van der Waals surface area contributed by atoms with Gasteiger partial charge < -0.3 is 15.0 Å². The predicted molar refractivity (Wildman–Crippen MR) is 78.9 cm³/mol. The summed E-state index contributed by atoms with van der Waals surface area (Å²) in [5.41, 5.74) is 9.93. The van der Waals surface area contributed by atoms with E-state index in [1.54, 1.807) is 7.11 Å². The molecular weight excluding hydrogens is 252 g/mol. The van der Waals surface area contributed by atoms with E-state index in [1.165, 1.54) is 0 Å². The molecule has 2 rings (SSSR count). The number of aryl methyl sites for hydroxylation is 1. The van der Waals surface area contributed by atoms with Crippen LogP contribution >= 0.6 is 0 Å². The van der Waals surface area contributed by atoms with Gasteiger partial charge in [-0.25, -0.2) is 4.98 Å². The van der Waals surface area contributed by atoms with Crippen LogP contribution in [0.4, 0.5) is 0 Å². The summed E-state index contributed by atoms with van der Waals surface area (Å²) < 4.78 is 7.46. The second-order valence-electron chi connectivity index (χ2n) is 5.26. The zero-order valence-corrected chi connectivity index (χ0v) is 12.6.